The van der Waals surface area contributed by atoms with Crippen LogP contribution in [0.1, 0.15) is 0 Å². The number of hydrogen-bond donors (Lipinski definition) is 0. The smallest absolute Gasteiger partial charge is 0.164 e. The molecule has 0 spiro atoms. The van der Waals surface area contributed by atoms with Crippen LogP contribution >= 0.6 is 11.3 Å². The summed E-state index contributed by atoms with van der Waals surface area (Å²) in [4.78, 5) is 15.0. The van der Waals surface area contributed by atoms with Crippen molar-refractivity contribution in [2.24, 2.45) is 0 Å². The second-order valence-corrected chi connectivity index (χ2v) is 13.9. The summed E-state index contributed by atoms with van der Waals surface area (Å²) in [7, 11) is 0. The largest absolute Gasteiger partial charge is 0.208 e. The molecule has 0 N–H and O–H groups in total. The zero-order valence-corrected chi connectivity index (χ0v) is 28.3. The van der Waals surface area contributed by atoms with Crippen molar-refractivity contribution in [3.05, 3.63) is 176 Å². The fourth-order valence-electron chi connectivity index (χ4n) is 7.18. The van der Waals surface area contributed by atoms with Gasteiger partial charge in [0.2, 0.25) is 0 Å². The summed E-state index contributed by atoms with van der Waals surface area (Å²) in [6.07, 6.45) is 0. The minimum Gasteiger partial charge on any atom is -0.208 e. The predicted molar refractivity (Wildman–Crippen MR) is 215 cm³/mol. The molecule has 0 fully saturated rings. The first kappa shape index (κ1) is 29.4. The van der Waals surface area contributed by atoms with Gasteiger partial charge in [0, 0.05) is 36.9 Å². The van der Waals surface area contributed by atoms with Gasteiger partial charge in [-0.2, -0.15) is 0 Å². The fourth-order valence-corrected chi connectivity index (χ4v) is 8.29. The molecule has 0 aliphatic heterocycles. The molecule has 0 bridgehead atoms. The SMILES string of the molecule is c1ccc(-c2ccc(-c3nc(-c4ccccc4)nc(-c4cccc(-c5ccc6c(ccc7ccc8sc9ccccc9c8c76)c5)c4)n3)cc2)cc1. The zero-order chi connectivity index (χ0) is 33.7. The third kappa shape index (κ3) is 5.25. The topological polar surface area (TPSA) is 38.7 Å². The number of aromatic nitrogens is 3. The van der Waals surface area contributed by atoms with Gasteiger partial charge in [-0.15, -0.1) is 11.3 Å². The average molecular weight is 668 g/mol. The molecule has 0 amide bonds. The van der Waals surface area contributed by atoms with E-state index >= 15 is 0 Å². The van der Waals surface area contributed by atoms with Gasteiger partial charge in [0.05, 0.1) is 0 Å². The Bertz CT molecular complexity index is 2900. The Morgan fingerprint density at radius 2 is 0.824 bits per heavy atom. The lowest BCUT2D eigenvalue weighted by atomic mass is 9.94. The van der Waals surface area contributed by atoms with Crippen molar-refractivity contribution < 1.29 is 0 Å². The minimum absolute atomic E-state index is 0.645. The number of hydrogen-bond acceptors (Lipinski definition) is 4. The summed E-state index contributed by atoms with van der Waals surface area (Å²) in [5.41, 5.74) is 7.44. The predicted octanol–water partition coefficient (Wildman–Crippen LogP) is 12.9. The highest BCUT2D eigenvalue weighted by molar-refractivity contribution is 7.26. The van der Waals surface area contributed by atoms with Gasteiger partial charge in [-0.25, -0.2) is 15.0 Å². The molecule has 0 aliphatic rings. The van der Waals surface area contributed by atoms with E-state index in [2.05, 4.69) is 140 Å². The van der Waals surface area contributed by atoms with Crippen molar-refractivity contribution in [3.63, 3.8) is 0 Å². The maximum absolute atomic E-state index is 5.05. The molecule has 0 atom stereocenters. The first-order valence-electron chi connectivity index (χ1n) is 17.1. The van der Waals surface area contributed by atoms with Crippen molar-refractivity contribution in [1.29, 1.82) is 0 Å². The third-order valence-electron chi connectivity index (χ3n) is 9.71. The maximum Gasteiger partial charge on any atom is 0.164 e. The van der Waals surface area contributed by atoms with Gasteiger partial charge < -0.3 is 0 Å². The van der Waals surface area contributed by atoms with Crippen molar-refractivity contribution in [3.8, 4) is 56.4 Å². The van der Waals surface area contributed by atoms with Gasteiger partial charge in [0.25, 0.3) is 0 Å². The third-order valence-corrected chi connectivity index (χ3v) is 10.8. The van der Waals surface area contributed by atoms with Gasteiger partial charge in [0.15, 0.2) is 17.5 Å². The van der Waals surface area contributed by atoms with Gasteiger partial charge in [-0.05, 0) is 68.1 Å². The van der Waals surface area contributed by atoms with Gasteiger partial charge in [-0.3, -0.25) is 0 Å². The molecule has 51 heavy (non-hydrogen) atoms. The summed E-state index contributed by atoms with van der Waals surface area (Å²) < 4.78 is 2.65. The summed E-state index contributed by atoms with van der Waals surface area (Å²) >= 11 is 1.87. The molecule has 2 aromatic heterocycles. The van der Waals surface area contributed by atoms with Crippen LogP contribution in [-0.4, -0.2) is 15.0 Å². The molecule has 0 radical (unpaired) electrons. The lowest BCUT2D eigenvalue weighted by molar-refractivity contribution is 1.07. The van der Waals surface area contributed by atoms with E-state index in [9.17, 15) is 0 Å². The van der Waals surface area contributed by atoms with Crippen molar-refractivity contribution >= 4 is 53.1 Å². The van der Waals surface area contributed by atoms with E-state index in [1.165, 1.54) is 47.3 Å². The Morgan fingerprint density at radius 3 is 1.61 bits per heavy atom. The Kier molecular flexibility index (Phi) is 7.00. The molecule has 0 unspecified atom stereocenters. The Labute approximate surface area is 299 Å². The van der Waals surface area contributed by atoms with Gasteiger partial charge >= 0.3 is 0 Å². The lowest BCUT2D eigenvalue weighted by Crippen LogP contribution is -2.00. The van der Waals surface area contributed by atoms with Crippen molar-refractivity contribution in [1.82, 2.24) is 15.0 Å². The maximum atomic E-state index is 5.05. The second kappa shape index (κ2) is 12.1. The molecule has 0 saturated heterocycles. The van der Waals surface area contributed by atoms with Crippen molar-refractivity contribution in [2.75, 3.05) is 0 Å². The van der Waals surface area contributed by atoms with Crippen LogP contribution in [0.2, 0.25) is 0 Å². The van der Waals surface area contributed by atoms with E-state index in [-0.39, 0.29) is 0 Å². The van der Waals surface area contributed by atoms with Crippen LogP contribution in [0, 0.1) is 0 Å². The Hall–Kier alpha value is -6.49. The van der Waals surface area contributed by atoms with Crippen LogP contribution in [0.4, 0.5) is 0 Å². The molecule has 0 aliphatic carbocycles. The van der Waals surface area contributed by atoms with E-state index in [0.29, 0.717) is 17.5 Å². The zero-order valence-electron chi connectivity index (χ0n) is 27.5. The summed E-state index contributed by atoms with van der Waals surface area (Å²) in [6, 6.07) is 62.2. The molecule has 238 valence electrons. The number of thiophene rings is 1. The molecule has 2 heterocycles. The Morgan fingerprint density at radius 1 is 0.294 bits per heavy atom. The van der Waals surface area contributed by atoms with Crippen LogP contribution in [-0.2, 0) is 0 Å². The number of rotatable bonds is 5. The molecule has 0 saturated carbocycles. The van der Waals surface area contributed by atoms with Crippen LogP contribution < -0.4 is 0 Å². The number of nitrogens with zero attached hydrogens (tertiary/aromatic N) is 3. The molecule has 10 rings (SSSR count). The first-order chi connectivity index (χ1) is 25.2. The minimum atomic E-state index is 0.645. The van der Waals surface area contributed by atoms with E-state index < -0.39 is 0 Å². The second-order valence-electron chi connectivity index (χ2n) is 12.8. The normalized spacial score (nSPS) is 11.5. The lowest BCUT2D eigenvalue weighted by Gasteiger charge is -2.11. The average Bonchev–Trinajstić information content (AvgIpc) is 3.60. The van der Waals surface area contributed by atoms with Gasteiger partial charge in [0.1, 0.15) is 0 Å². The molecule has 10 aromatic rings. The number of fused-ring (bicyclic) bond motifs is 7. The molecular formula is C47H29N3S. The Balaban J connectivity index is 1.07. The molecule has 4 heteroatoms. The highest BCUT2D eigenvalue weighted by atomic mass is 32.1. The summed E-state index contributed by atoms with van der Waals surface area (Å²) in [6.45, 7) is 0. The highest BCUT2D eigenvalue weighted by Gasteiger charge is 2.15. The standard InChI is InChI=1S/C47H29N3S/c1-3-10-30(11-4-1)31-18-21-34(22-19-31)46-48-45(33-12-5-2-6-13-33)49-47(50-46)38-15-9-14-35(29-38)36-24-26-39-37(28-36)23-20-32-25-27-42-44(43(32)39)40-16-7-8-17-41(40)51-42/h1-29H. The van der Waals surface area contributed by atoms with Crippen LogP contribution in [0.15, 0.2) is 176 Å². The quantitative estimate of drug-likeness (QED) is 0.171. The summed E-state index contributed by atoms with van der Waals surface area (Å²) in [5, 5.41) is 7.76. The summed E-state index contributed by atoms with van der Waals surface area (Å²) in [5.74, 6) is 1.94. The van der Waals surface area contributed by atoms with Crippen LogP contribution in [0.5, 0.6) is 0 Å². The first-order valence-corrected chi connectivity index (χ1v) is 17.9. The molecule has 3 nitrogen and oxygen atoms in total. The fraction of sp³-hybridized carbons (Fsp3) is 0. The van der Waals surface area contributed by atoms with Gasteiger partial charge in [-0.1, -0.05) is 152 Å². The van der Waals surface area contributed by atoms with E-state index in [1.807, 2.05) is 47.7 Å². The monoisotopic (exact) mass is 667 g/mol. The van der Waals surface area contributed by atoms with E-state index in [1.54, 1.807) is 0 Å². The highest BCUT2D eigenvalue weighted by Crippen LogP contribution is 2.42. The molecule has 8 aromatic carbocycles. The van der Waals surface area contributed by atoms with E-state index in [0.717, 1.165) is 33.4 Å². The van der Waals surface area contributed by atoms with Crippen molar-refractivity contribution in [2.45, 2.75) is 0 Å². The van der Waals surface area contributed by atoms with Crippen LogP contribution in [0.25, 0.3) is 98.1 Å². The van der Waals surface area contributed by atoms with E-state index in [4.69, 9.17) is 15.0 Å². The molecular weight excluding hydrogens is 639 g/mol. The number of benzene rings is 8. The van der Waals surface area contributed by atoms with Crippen LogP contribution in [0.3, 0.4) is 0 Å².